The van der Waals surface area contributed by atoms with Crippen LogP contribution in [-0.4, -0.2) is 96.2 Å². The van der Waals surface area contributed by atoms with Crippen molar-refractivity contribution in [3.05, 3.63) is 65.7 Å². The normalized spacial score (nSPS) is 12.8. The second-order valence-corrected chi connectivity index (χ2v) is 13.0. The highest BCUT2D eigenvalue weighted by Gasteiger charge is 2.28. The number of esters is 1. The lowest BCUT2D eigenvalue weighted by Crippen LogP contribution is -2.54. The van der Waals surface area contributed by atoms with Gasteiger partial charge >= 0.3 is 12.1 Å². The SMILES string of the molecule is CCOC(=O)[C@H](CCSC)NC(=O)[C@H](Cc1ccccc1)NC(=O)CNC(=O)CNC(=O)[C@H](Cc1ccc(O)cc1)NC(=O)OC(C)(C)C. The lowest BCUT2D eigenvalue weighted by molar-refractivity contribution is -0.147. The molecule has 15 heteroatoms. The lowest BCUT2D eigenvalue weighted by Gasteiger charge is -2.23. The van der Waals surface area contributed by atoms with Crippen LogP contribution >= 0.6 is 11.8 Å². The van der Waals surface area contributed by atoms with E-state index < -0.39 is 72.5 Å². The molecule has 49 heavy (non-hydrogen) atoms. The van der Waals surface area contributed by atoms with Gasteiger partial charge in [0.05, 0.1) is 19.7 Å². The largest absolute Gasteiger partial charge is 0.508 e. The molecule has 0 spiro atoms. The van der Waals surface area contributed by atoms with Crippen LogP contribution in [0.3, 0.4) is 0 Å². The number of ether oxygens (including phenoxy) is 2. The van der Waals surface area contributed by atoms with Crippen molar-refractivity contribution < 1.29 is 43.3 Å². The first-order chi connectivity index (χ1) is 23.2. The number of hydrogen-bond acceptors (Lipinski definition) is 10. The van der Waals surface area contributed by atoms with Gasteiger partial charge in [0.2, 0.25) is 23.6 Å². The number of carbonyl (C=O) groups is 6. The van der Waals surface area contributed by atoms with E-state index in [9.17, 15) is 33.9 Å². The monoisotopic (exact) mass is 701 g/mol. The summed E-state index contributed by atoms with van der Waals surface area (Å²) in [5.41, 5.74) is 0.567. The van der Waals surface area contributed by atoms with E-state index in [1.807, 2.05) is 12.3 Å². The number of hydrogen-bond donors (Lipinski definition) is 6. The lowest BCUT2D eigenvalue weighted by atomic mass is 10.0. The molecule has 0 saturated carbocycles. The van der Waals surface area contributed by atoms with E-state index in [0.29, 0.717) is 17.7 Å². The fraction of sp³-hybridized carbons (Fsp3) is 0.471. The van der Waals surface area contributed by atoms with Crippen molar-refractivity contribution >= 4 is 47.5 Å². The van der Waals surface area contributed by atoms with Gasteiger partial charge < -0.3 is 41.2 Å². The third-order valence-electron chi connectivity index (χ3n) is 6.69. The average molecular weight is 702 g/mol. The third kappa shape index (κ3) is 16.2. The third-order valence-corrected chi connectivity index (χ3v) is 7.33. The molecule has 14 nitrogen and oxygen atoms in total. The first-order valence-electron chi connectivity index (χ1n) is 15.8. The summed E-state index contributed by atoms with van der Waals surface area (Å²) in [6.45, 7) is 5.81. The number of thioether (sulfide) groups is 1. The fourth-order valence-electron chi connectivity index (χ4n) is 4.36. The summed E-state index contributed by atoms with van der Waals surface area (Å²) in [7, 11) is 0. The molecule has 0 bridgehead atoms. The van der Waals surface area contributed by atoms with Crippen molar-refractivity contribution in [1.29, 1.82) is 0 Å². The van der Waals surface area contributed by atoms with E-state index >= 15 is 0 Å². The Morgan fingerprint density at radius 3 is 1.94 bits per heavy atom. The Balaban J connectivity index is 2.02. The Bertz CT molecular complexity index is 1400. The minimum atomic E-state index is -1.12. The maximum atomic E-state index is 13.3. The molecular formula is C34H47N5O9S. The predicted octanol–water partition coefficient (Wildman–Crippen LogP) is 1.59. The predicted molar refractivity (Wildman–Crippen MR) is 185 cm³/mol. The Morgan fingerprint density at radius 2 is 1.35 bits per heavy atom. The van der Waals surface area contributed by atoms with Gasteiger partial charge in [-0.15, -0.1) is 0 Å². The van der Waals surface area contributed by atoms with Gasteiger partial charge in [0.25, 0.3) is 0 Å². The average Bonchev–Trinajstić information content (AvgIpc) is 3.04. The first-order valence-corrected chi connectivity index (χ1v) is 17.2. The van der Waals surface area contributed by atoms with Gasteiger partial charge in [-0.3, -0.25) is 19.2 Å². The number of nitrogens with one attached hydrogen (secondary N) is 5. The van der Waals surface area contributed by atoms with E-state index in [1.54, 1.807) is 64.1 Å². The first kappa shape index (κ1) is 40.4. The number of alkyl carbamates (subject to hydrolysis) is 1. The molecule has 2 aromatic carbocycles. The second kappa shape index (κ2) is 20.5. The zero-order chi connectivity index (χ0) is 36.4. The molecule has 0 heterocycles. The molecule has 0 aliphatic rings. The second-order valence-electron chi connectivity index (χ2n) is 12.0. The molecule has 6 N–H and O–H groups in total. The van der Waals surface area contributed by atoms with E-state index in [2.05, 4.69) is 26.6 Å². The van der Waals surface area contributed by atoms with Gasteiger partial charge in [0, 0.05) is 12.8 Å². The summed E-state index contributed by atoms with van der Waals surface area (Å²) in [6, 6.07) is 11.9. The minimum Gasteiger partial charge on any atom is -0.508 e. The number of carbonyl (C=O) groups excluding carboxylic acids is 6. The number of rotatable bonds is 18. The maximum absolute atomic E-state index is 13.3. The van der Waals surface area contributed by atoms with Gasteiger partial charge in [-0.2, -0.15) is 11.8 Å². The molecule has 2 rings (SSSR count). The number of aromatic hydroxyl groups is 1. The number of amides is 5. The molecule has 0 radical (unpaired) electrons. The van der Waals surface area contributed by atoms with Crippen molar-refractivity contribution in [2.24, 2.45) is 0 Å². The topological polar surface area (TPSA) is 201 Å². The summed E-state index contributed by atoms with van der Waals surface area (Å²) >= 11 is 1.51. The van der Waals surface area contributed by atoms with E-state index in [-0.39, 0.29) is 25.2 Å². The Kier molecular flexibility index (Phi) is 16.9. The van der Waals surface area contributed by atoms with Crippen LogP contribution in [0.5, 0.6) is 5.75 Å². The number of phenolic OH excluding ortho intramolecular Hbond substituents is 1. The van der Waals surface area contributed by atoms with Crippen LogP contribution in [0.2, 0.25) is 0 Å². The molecule has 5 amide bonds. The molecular weight excluding hydrogens is 654 g/mol. The van der Waals surface area contributed by atoms with Gasteiger partial charge in [0.15, 0.2) is 0 Å². The summed E-state index contributed by atoms with van der Waals surface area (Å²) in [5, 5.41) is 22.2. The summed E-state index contributed by atoms with van der Waals surface area (Å²) in [5.74, 6) is -2.60. The van der Waals surface area contributed by atoms with Crippen LogP contribution in [-0.2, 0) is 46.3 Å². The quantitative estimate of drug-likeness (QED) is 0.124. The Morgan fingerprint density at radius 1 is 0.755 bits per heavy atom. The standard InChI is InChI=1S/C34H47N5O9S/c1-6-47-32(45)25(16-17-49-5)38-31(44)27(18-22-10-8-7-9-11-22)37-29(42)21-35-28(41)20-36-30(43)26(39-33(46)48-34(2,3)4)19-23-12-14-24(40)15-13-23/h7-15,25-27,40H,6,16-21H2,1-5H3,(H,35,41)(H,36,43)(H,37,42)(H,38,44)(H,39,46)/t25-,26-,27-/m0/s1. The smallest absolute Gasteiger partial charge is 0.408 e. The number of benzene rings is 2. The van der Waals surface area contributed by atoms with Crippen molar-refractivity contribution in [1.82, 2.24) is 26.6 Å². The van der Waals surface area contributed by atoms with E-state index in [0.717, 1.165) is 5.56 Å². The summed E-state index contributed by atoms with van der Waals surface area (Å²) in [6.07, 6.45) is 1.53. The molecule has 0 saturated heterocycles. The molecule has 0 aromatic heterocycles. The molecule has 268 valence electrons. The van der Waals surface area contributed by atoms with Crippen LogP contribution < -0.4 is 26.6 Å². The van der Waals surface area contributed by atoms with Gasteiger partial charge in [-0.05, 0) is 69.4 Å². The highest BCUT2D eigenvalue weighted by atomic mass is 32.2. The Hall–Kier alpha value is -4.79. The Labute approximate surface area is 290 Å². The highest BCUT2D eigenvalue weighted by molar-refractivity contribution is 7.98. The number of phenols is 1. The van der Waals surface area contributed by atoms with Crippen LogP contribution in [0, 0.1) is 0 Å². The summed E-state index contributed by atoms with van der Waals surface area (Å²) in [4.78, 5) is 76.7. The molecule has 0 unspecified atom stereocenters. The van der Waals surface area contributed by atoms with Crippen molar-refractivity contribution in [3.63, 3.8) is 0 Å². The molecule has 0 aliphatic carbocycles. The van der Waals surface area contributed by atoms with Crippen LogP contribution in [0.1, 0.15) is 45.2 Å². The zero-order valence-electron chi connectivity index (χ0n) is 28.5. The van der Waals surface area contributed by atoms with Crippen LogP contribution in [0.15, 0.2) is 54.6 Å². The van der Waals surface area contributed by atoms with Crippen LogP contribution in [0.25, 0.3) is 0 Å². The van der Waals surface area contributed by atoms with Crippen molar-refractivity contribution in [3.8, 4) is 5.75 Å². The zero-order valence-corrected chi connectivity index (χ0v) is 29.3. The van der Waals surface area contributed by atoms with Gasteiger partial charge in [-0.1, -0.05) is 42.5 Å². The molecule has 2 aromatic rings. The van der Waals surface area contributed by atoms with E-state index in [1.165, 1.54) is 23.9 Å². The highest BCUT2D eigenvalue weighted by Crippen LogP contribution is 2.13. The molecule has 3 atom stereocenters. The maximum Gasteiger partial charge on any atom is 0.408 e. The van der Waals surface area contributed by atoms with Crippen molar-refractivity contribution in [2.75, 3.05) is 31.7 Å². The van der Waals surface area contributed by atoms with Gasteiger partial charge in [0.1, 0.15) is 29.5 Å². The van der Waals surface area contributed by atoms with E-state index in [4.69, 9.17) is 9.47 Å². The van der Waals surface area contributed by atoms with Crippen LogP contribution in [0.4, 0.5) is 4.79 Å². The molecule has 0 fully saturated rings. The minimum absolute atomic E-state index is 0.0320. The van der Waals surface area contributed by atoms with Crippen molar-refractivity contribution in [2.45, 2.75) is 70.7 Å². The molecule has 0 aliphatic heterocycles. The van der Waals surface area contributed by atoms with Gasteiger partial charge in [-0.25, -0.2) is 9.59 Å². The fourth-order valence-corrected chi connectivity index (χ4v) is 4.83. The summed E-state index contributed by atoms with van der Waals surface area (Å²) < 4.78 is 10.4.